The molecule has 0 spiro atoms. The van der Waals surface area contributed by atoms with Gasteiger partial charge in [0, 0.05) is 6.08 Å². The molecule has 0 unspecified atom stereocenters. The Bertz CT molecular complexity index is 573. The van der Waals surface area contributed by atoms with Crippen molar-refractivity contribution in [2.75, 3.05) is 0 Å². The molecule has 0 bridgehead atoms. The molecule has 3 nitrogen and oxygen atoms in total. The predicted molar refractivity (Wildman–Crippen MR) is 85.7 cm³/mol. The van der Waals surface area contributed by atoms with Crippen molar-refractivity contribution in [3.8, 4) is 0 Å². The van der Waals surface area contributed by atoms with E-state index in [4.69, 9.17) is 9.47 Å². The van der Waals surface area contributed by atoms with Crippen molar-refractivity contribution in [3.63, 3.8) is 0 Å². The van der Waals surface area contributed by atoms with Crippen molar-refractivity contribution in [3.05, 3.63) is 96.3 Å². The first kappa shape index (κ1) is 15.6. The number of esters is 1. The number of carbonyl (C=O) groups excluding carboxylic acids is 1. The van der Waals surface area contributed by atoms with Gasteiger partial charge in [0.1, 0.15) is 19.0 Å². The molecule has 0 amide bonds. The van der Waals surface area contributed by atoms with Crippen LogP contribution in [0.3, 0.4) is 0 Å². The Kier molecular flexibility index (Phi) is 6.00. The molecule has 2 aromatic carbocycles. The molecule has 0 aliphatic carbocycles. The summed E-state index contributed by atoms with van der Waals surface area (Å²) in [5.74, 6) is -0.00571. The van der Waals surface area contributed by atoms with Gasteiger partial charge >= 0.3 is 5.97 Å². The quantitative estimate of drug-likeness (QED) is 0.335. The van der Waals surface area contributed by atoms with Crippen molar-refractivity contribution in [1.29, 1.82) is 0 Å². The fourth-order valence-corrected chi connectivity index (χ4v) is 1.74. The van der Waals surface area contributed by atoms with Crippen LogP contribution in [0.2, 0.25) is 0 Å². The van der Waals surface area contributed by atoms with E-state index in [9.17, 15) is 4.79 Å². The van der Waals surface area contributed by atoms with Crippen LogP contribution in [-0.2, 0) is 27.5 Å². The average Bonchev–Trinajstić information content (AvgIpc) is 2.58. The molecule has 0 fully saturated rings. The van der Waals surface area contributed by atoms with Gasteiger partial charge in [0.2, 0.25) is 0 Å². The molecule has 22 heavy (non-hydrogen) atoms. The smallest absolute Gasteiger partial charge is 0.331 e. The monoisotopic (exact) mass is 294 g/mol. The zero-order valence-corrected chi connectivity index (χ0v) is 12.3. The molecular weight excluding hydrogens is 276 g/mol. The lowest BCUT2D eigenvalue weighted by atomic mass is 10.2. The molecule has 0 N–H and O–H groups in total. The number of hydrogen-bond donors (Lipinski definition) is 0. The first-order valence-electron chi connectivity index (χ1n) is 6.98. The lowest BCUT2D eigenvalue weighted by molar-refractivity contribution is -0.139. The van der Waals surface area contributed by atoms with Crippen LogP contribution in [0.1, 0.15) is 11.1 Å². The minimum absolute atomic E-state index is 0.251. The summed E-state index contributed by atoms with van der Waals surface area (Å²) in [5.41, 5.74) is 1.99. The second kappa shape index (κ2) is 8.47. The predicted octanol–water partition coefficient (Wildman–Crippen LogP) is 4.02. The fraction of sp³-hybridized carbons (Fsp3) is 0.105. The summed E-state index contributed by atoms with van der Waals surface area (Å²) in [6.45, 7) is 4.41. The standard InChI is InChI=1S/C19H18O3/c1-16(21-14-17-8-4-2-5-9-17)12-13-19(20)22-15-18-10-6-3-7-11-18/h2-13H,1,14-15H2/b13-12-. The van der Waals surface area contributed by atoms with Gasteiger partial charge in [-0.05, 0) is 17.2 Å². The molecule has 2 aromatic rings. The summed E-state index contributed by atoms with van der Waals surface area (Å²) in [7, 11) is 0. The summed E-state index contributed by atoms with van der Waals surface area (Å²) in [5, 5.41) is 0. The van der Waals surface area contributed by atoms with Crippen LogP contribution < -0.4 is 0 Å². The zero-order chi connectivity index (χ0) is 15.6. The Hall–Kier alpha value is -2.81. The average molecular weight is 294 g/mol. The van der Waals surface area contributed by atoms with Gasteiger partial charge in [0.15, 0.2) is 0 Å². The minimum atomic E-state index is -0.423. The summed E-state index contributed by atoms with van der Waals surface area (Å²) in [6, 6.07) is 19.3. The number of rotatable bonds is 7. The molecule has 2 rings (SSSR count). The maximum absolute atomic E-state index is 11.6. The highest BCUT2D eigenvalue weighted by atomic mass is 16.5. The highest BCUT2D eigenvalue weighted by Gasteiger charge is 1.99. The molecule has 0 aliphatic rings. The Labute approximate surface area is 130 Å². The second-order valence-corrected chi connectivity index (χ2v) is 4.67. The molecular formula is C19H18O3. The molecule has 0 radical (unpaired) electrons. The second-order valence-electron chi connectivity index (χ2n) is 4.67. The van der Waals surface area contributed by atoms with Crippen LogP contribution in [-0.4, -0.2) is 5.97 Å². The van der Waals surface area contributed by atoms with Crippen molar-refractivity contribution in [2.45, 2.75) is 13.2 Å². The van der Waals surface area contributed by atoms with Crippen LogP contribution in [0.25, 0.3) is 0 Å². The Morgan fingerprint density at radius 3 is 1.86 bits per heavy atom. The van der Waals surface area contributed by atoms with Crippen molar-refractivity contribution in [1.82, 2.24) is 0 Å². The molecule has 0 saturated heterocycles. The van der Waals surface area contributed by atoms with E-state index < -0.39 is 5.97 Å². The van der Waals surface area contributed by atoms with Crippen LogP contribution in [0.15, 0.2) is 85.2 Å². The largest absolute Gasteiger partial charge is 0.490 e. The summed E-state index contributed by atoms with van der Waals surface area (Å²) in [6.07, 6.45) is 2.83. The van der Waals surface area contributed by atoms with Gasteiger partial charge < -0.3 is 9.47 Å². The molecule has 3 heteroatoms. The fourth-order valence-electron chi connectivity index (χ4n) is 1.74. The topological polar surface area (TPSA) is 35.5 Å². The summed E-state index contributed by atoms with van der Waals surface area (Å²) in [4.78, 5) is 11.6. The molecule has 112 valence electrons. The maximum atomic E-state index is 11.6. The highest BCUT2D eigenvalue weighted by molar-refractivity contribution is 5.82. The first-order chi connectivity index (χ1) is 10.7. The van der Waals surface area contributed by atoms with E-state index in [1.165, 1.54) is 12.2 Å². The van der Waals surface area contributed by atoms with Gasteiger partial charge in [0.25, 0.3) is 0 Å². The number of allylic oxidation sites excluding steroid dienone is 1. The molecule has 0 aromatic heterocycles. The Morgan fingerprint density at radius 1 is 0.818 bits per heavy atom. The van der Waals surface area contributed by atoms with Crippen molar-refractivity contribution in [2.24, 2.45) is 0 Å². The lowest BCUT2D eigenvalue weighted by Crippen LogP contribution is -2.01. The summed E-state index contributed by atoms with van der Waals surface area (Å²) < 4.78 is 10.6. The van der Waals surface area contributed by atoms with E-state index in [2.05, 4.69) is 6.58 Å². The van der Waals surface area contributed by atoms with E-state index in [0.717, 1.165) is 11.1 Å². The van der Waals surface area contributed by atoms with E-state index in [1.807, 2.05) is 60.7 Å². The molecule has 0 saturated carbocycles. The zero-order valence-electron chi connectivity index (χ0n) is 12.3. The van der Waals surface area contributed by atoms with Gasteiger partial charge in [-0.2, -0.15) is 0 Å². The van der Waals surface area contributed by atoms with E-state index in [1.54, 1.807) is 0 Å². The van der Waals surface area contributed by atoms with Gasteiger partial charge in [-0.3, -0.25) is 0 Å². The minimum Gasteiger partial charge on any atom is -0.490 e. The third-order valence-electron chi connectivity index (χ3n) is 2.90. The van der Waals surface area contributed by atoms with E-state index in [-0.39, 0.29) is 6.61 Å². The van der Waals surface area contributed by atoms with Crippen LogP contribution in [0.5, 0.6) is 0 Å². The SMILES string of the molecule is C=C(/C=C\C(=O)OCc1ccccc1)OCc1ccccc1. The van der Waals surface area contributed by atoms with Crippen LogP contribution in [0.4, 0.5) is 0 Å². The molecule has 0 heterocycles. The Morgan fingerprint density at radius 2 is 1.32 bits per heavy atom. The summed E-state index contributed by atoms with van der Waals surface area (Å²) >= 11 is 0. The van der Waals surface area contributed by atoms with Gasteiger partial charge in [-0.25, -0.2) is 4.79 Å². The van der Waals surface area contributed by atoms with Crippen LogP contribution >= 0.6 is 0 Å². The number of hydrogen-bond acceptors (Lipinski definition) is 3. The van der Waals surface area contributed by atoms with Gasteiger partial charge in [-0.15, -0.1) is 0 Å². The molecule has 0 atom stereocenters. The third-order valence-corrected chi connectivity index (χ3v) is 2.90. The van der Waals surface area contributed by atoms with Gasteiger partial charge in [-0.1, -0.05) is 67.2 Å². The van der Waals surface area contributed by atoms with Crippen molar-refractivity contribution < 1.29 is 14.3 Å². The number of carbonyl (C=O) groups is 1. The van der Waals surface area contributed by atoms with Crippen LogP contribution in [0, 0.1) is 0 Å². The van der Waals surface area contributed by atoms with E-state index >= 15 is 0 Å². The normalized spacial score (nSPS) is 10.4. The number of ether oxygens (including phenoxy) is 2. The Balaban J connectivity index is 1.71. The first-order valence-corrected chi connectivity index (χ1v) is 6.98. The van der Waals surface area contributed by atoms with Crippen molar-refractivity contribution >= 4 is 5.97 Å². The highest BCUT2D eigenvalue weighted by Crippen LogP contribution is 2.06. The maximum Gasteiger partial charge on any atom is 0.331 e. The van der Waals surface area contributed by atoms with Gasteiger partial charge in [0.05, 0.1) is 0 Å². The number of benzene rings is 2. The lowest BCUT2D eigenvalue weighted by Gasteiger charge is -2.05. The molecule has 0 aliphatic heterocycles. The van der Waals surface area contributed by atoms with E-state index in [0.29, 0.717) is 12.4 Å². The third kappa shape index (κ3) is 5.67.